The van der Waals surface area contributed by atoms with Crippen molar-refractivity contribution in [1.82, 2.24) is 19.6 Å². The lowest BCUT2D eigenvalue weighted by atomic mass is 10.1. The number of anilines is 1. The molecule has 1 fully saturated rings. The van der Waals surface area contributed by atoms with E-state index in [4.69, 9.17) is 0 Å². The highest BCUT2D eigenvalue weighted by molar-refractivity contribution is 7.88. The first-order chi connectivity index (χ1) is 11.3. The van der Waals surface area contributed by atoms with E-state index in [0.29, 0.717) is 5.82 Å². The molecule has 1 saturated heterocycles. The Hall–Kier alpha value is -1.74. The molecule has 1 aromatic heterocycles. The number of aryl methyl sites for hydroxylation is 1. The van der Waals surface area contributed by atoms with Crippen molar-refractivity contribution in [3.05, 3.63) is 17.6 Å². The molecule has 1 aliphatic heterocycles. The third kappa shape index (κ3) is 5.41. The molecule has 134 valence electrons. The molecule has 1 aromatic rings. The molecule has 1 aliphatic rings. The number of nitrogens with zero attached hydrogens (tertiary/aromatic N) is 4. The van der Waals surface area contributed by atoms with Crippen LogP contribution in [0.3, 0.4) is 0 Å². The van der Waals surface area contributed by atoms with Crippen molar-refractivity contribution < 1.29 is 13.2 Å². The summed E-state index contributed by atoms with van der Waals surface area (Å²) in [6, 6.07) is 1.95. The van der Waals surface area contributed by atoms with Crippen LogP contribution in [0.1, 0.15) is 30.8 Å². The number of nitrogens with one attached hydrogen (secondary N) is 1. The minimum atomic E-state index is -3.37. The quantitative estimate of drug-likeness (QED) is 0.788. The molecule has 24 heavy (non-hydrogen) atoms. The monoisotopic (exact) mass is 355 g/mol. The molecule has 0 aliphatic carbocycles. The maximum atomic E-state index is 11.9. The second-order valence-corrected chi connectivity index (χ2v) is 8.22. The number of sulfonamides is 1. The average Bonchev–Trinajstić information content (AvgIpc) is 2.52. The Balaban J connectivity index is 1.97. The summed E-state index contributed by atoms with van der Waals surface area (Å²) in [5.41, 5.74) is 0.850. The average molecular weight is 355 g/mol. The van der Waals surface area contributed by atoms with Crippen molar-refractivity contribution in [3.8, 4) is 0 Å². The van der Waals surface area contributed by atoms with Crippen LogP contribution >= 0.6 is 0 Å². The summed E-state index contributed by atoms with van der Waals surface area (Å²) >= 11 is 0. The smallest absolute Gasteiger partial charge is 0.235 e. The van der Waals surface area contributed by atoms with Crippen molar-refractivity contribution in [1.29, 1.82) is 0 Å². The topological polar surface area (TPSA) is 95.5 Å². The summed E-state index contributed by atoms with van der Waals surface area (Å²) in [5.74, 6) is 1.04. The van der Waals surface area contributed by atoms with Gasteiger partial charge in [0.1, 0.15) is 11.6 Å². The van der Waals surface area contributed by atoms with E-state index in [2.05, 4.69) is 20.2 Å². The summed E-state index contributed by atoms with van der Waals surface area (Å²) in [5, 5.41) is 2.67. The van der Waals surface area contributed by atoms with Crippen molar-refractivity contribution in [2.24, 2.45) is 0 Å². The molecule has 2 rings (SSSR count). The number of carbonyl (C=O) groups is 1. The first-order valence-corrected chi connectivity index (χ1v) is 9.88. The van der Waals surface area contributed by atoms with Gasteiger partial charge < -0.3 is 10.2 Å². The van der Waals surface area contributed by atoms with Gasteiger partial charge in [0.15, 0.2) is 0 Å². The van der Waals surface area contributed by atoms with Gasteiger partial charge in [-0.3, -0.25) is 4.79 Å². The second-order valence-electron chi connectivity index (χ2n) is 6.13. The molecular formula is C15H25N5O3S. The van der Waals surface area contributed by atoms with Gasteiger partial charge in [-0.15, -0.1) is 0 Å². The Bertz CT molecular complexity index is 686. The number of hydrogen-bond acceptors (Lipinski definition) is 6. The predicted molar refractivity (Wildman–Crippen MR) is 92.2 cm³/mol. The summed E-state index contributed by atoms with van der Waals surface area (Å²) in [6.07, 6.45) is 4.63. The van der Waals surface area contributed by atoms with E-state index in [1.165, 1.54) is 13.5 Å². The molecule has 0 radical (unpaired) electrons. The Labute approximate surface area is 143 Å². The van der Waals surface area contributed by atoms with Crippen LogP contribution in [0.4, 0.5) is 5.82 Å². The van der Waals surface area contributed by atoms with Crippen molar-refractivity contribution >= 4 is 21.7 Å². The fourth-order valence-corrected chi connectivity index (χ4v) is 2.88. The Morgan fingerprint density at radius 3 is 2.58 bits per heavy atom. The number of amides is 1. The first kappa shape index (κ1) is 18.6. The first-order valence-electron chi connectivity index (χ1n) is 8.03. The van der Waals surface area contributed by atoms with E-state index in [-0.39, 0.29) is 19.0 Å². The fourth-order valence-electron chi connectivity index (χ4n) is 2.53. The van der Waals surface area contributed by atoms with Gasteiger partial charge in [-0.2, -0.15) is 4.31 Å². The summed E-state index contributed by atoms with van der Waals surface area (Å²) in [7, 11) is -2.01. The predicted octanol–water partition coefficient (Wildman–Crippen LogP) is 0.283. The van der Waals surface area contributed by atoms with Crippen LogP contribution in [0.2, 0.25) is 0 Å². The standard InChI is InChI=1S/C15H25N5O3S/c1-12-9-14(20-7-5-4-6-8-20)18-13(17-12)10-16-15(21)11-19(2)24(3,22)23/h9H,4-8,10-11H2,1-3H3,(H,16,21). The highest BCUT2D eigenvalue weighted by atomic mass is 32.2. The second kappa shape index (κ2) is 7.89. The van der Waals surface area contributed by atoms with Gasteiger partial charge >= 0.3 is 0 Å². The summed E-state index contributed by atoms with van der Waals surface area (Å²) < 4.78 is 23.6. The third-order valence-electron chi connectivity index (χ3n) is 3.94. The molecular weight excluding hydrogens is 330 g/mol. The van der Waals surface area contributed by atoms with E-state index in [9.17, 15) is 13.2 Å². The number of rotatable bonds is 6. The zero-order valence-electron chi connectivity index (χ0n) is 14.4. The molecule has 1 N–H and O–H groups in total. The van der Waals surface area contributed by atoms with Gasteiger partial charge in [0.2, 0.25) is 15.9 Å². The number of hydrogen-bond donors (Lipinski definition) is 1. The number of aromatic nitrogens is 2. The summed E-state index contributed by atoms with van der Waals surface area (Å²) in [6.45, 7) is 3.84. The molecule has 0 bridgehead atoms. The molecule has 0 aromatic carbocycles. The maximum absolute atomic E-state index is 11.9. The zero-order chi connectivity index (χ0) is 17.7. The van der Waals surface area contributed by atoms with Crippen LogP contribution in [-0.4, -0.2) is 61.5 Å². The van der Waals surface area contributed by atoms with E-state index >= 15 is 0 Å². The van der Waals surface area contributed by atoms with Crippen LogP contribution in [0.25, 0.3) is 0 Å². The lowest BCUT2D eigenvalue weighted by molar-refractivity contribution is -0.121. The van der Waals surface area contributed by atoms with Crippen LogP contribution in [0.5, 0.6) is 0 Å². The van der Waals surface area contributed by atoms with E-state index in [1.807, 2.05) is 13.0 Å². The lowest BCUT2D eigenvalue weighted by Crippen LogP contribution is -2.38. The summed E-state index contributed by atoms with van der Waals surface area (Å²) in [4.78, 5) is 23.0. The minimum absolute atomic E-state index is 0.180. The Morgan fingerprint density at radius 1 is 1.29 bits per heavy atom. The lowest BCUT2D eigenvalue weighted by Gasteiger charge is -2.28. The van der Waals surface area contributed by atoms with Crippen LogP contribution < -0.4 is 10.2 Å². The minimum Gasteiger partial charge on any atom is -0.357 e. The fraction of sp³-hybridized carbons (Fsp3) is 0.667. The van der Waals surface area contributed by atoms with Crippen molar-refractivity contribution in [3.63, 3.8) is 0 Å². The van der Waals surface area contributed by atoms with Crippen LogP contribution in [0.15, 0.2) is 6.07 Å². The Morgan fingerprint density at radius 2 is 1.96 bits per heavy atom. The molecule has 9 heteroatoms. The van der Waals surface area contributed by atoms with Crippen LogP contribution in [-0.2, 0) is 21.4 Å². The highest BCUT2D eigenvalue weighted by Crippen LogP contribution is 2.18. The number of piperidine rings is 1. The SMILES string of the molecule is Cc1cc(N2CCCCC2)nc(CNC(=O)CN(C)S(C)(=O)=O)n1. The van der Waals surface area contributed by atoms with Crippen molar-refractivity contribution in [2.45, 2.75) is 32.7 Å². The molecule has 8 nitrogen and oxygen atoms in total. The van der Waals surface area contributed by atoms with Gasteiger partial charge in [-0.05, 0) is 26.2 Å². The maximum Gasteiger partial charge on any atom is 0.235 e. The van der Waals surface area contributed by atoms with Crippen molar-refractivity contribution in [2.75, 3.05) is 37.8 Å². The zero-order valence-corrected chi connectivity index (χ0v) is 15.3. The van der Waals surface area contributed by atoms with Gasteiger partial charge in [-0.1, -0.05) is 0 Å². The normalized spacial score (nSPS) is 15.6. The largest absolute Gasteiger partial charge is 0.357 e. The van der Waals surface area contributed by atoms with E-state index < -0.39 is 10.0 Å². The van der Waals surface area contributed by atoms with Gasteiger partial charge in [0.05, 0.1) is 19.3 Å². The number of carbonyl (C=O) groups excluding carboxylic acids is 1. The molecule has 0 saturated carbocycles. The van der Waals surface area contributed by atoms with Gasteiger partial charge in [0, 0.05) is 31.9 Å². The molecule has 0 spiro atoms. The molecule has 0 atom stereocenters. The molecule has 2 heterocycles. The van der Waals surface area contributed by atoms with E-state index in [1.54, 1.807) is 0 Å². The third-order valence-corrected chi connectivity index (χ3v) is 5.20. The number of likely N-dealkylation sites (N-methyl/N-ethyl adjacent to an activating group) is 1. The molecule has 1 amide bonds. The van der Waals surface area contributed by atoms with Gasteiger partial charge in [0.25, 0.3) is 0 Å². The van der Waals surface area contributed by atoms with Gasteiger partial charge in [-0.25, -0.2) is 18.4 Å². The highest BCUT2D eigenvalue weighted by Gasteiger charge is 2.16. The molecule has 0 unspecified atom stereocenters. The van der Waals surface area contributed by atoms with Crippen LogP contribution in [0, 0.1) is 6.92 Å². The Kier molecular flexibility index (Phi) is 6.11. The van der Waals surface area contributed by atoms with E-state index in [0.717, 1.165) is 48.0 Å².